The van der Waals surface area contributed by atoms with Crippen LogP contribution in [0, 0.1) is 11.3 Å². The number of hydrogen-bond donors (Lipinski definition) is 2. The zero-order valence-electron chi connectivity index (χ0n) is 14.7. The molecule has 0 heterocycles. The van der Waals surface area contributed by atoms with Crippen LogP contribution in [0.25, 0.3) is 0 Å². The van der Waals surface area contributed by atoms with Crippen molar-refractivity contribution in [2.75, 3.05) is 11.9 Å². The first-order valence-corrected chi connectivity index (χ1v) is 8.86. The van der Waals surface area contributed by atoms with E-state index in [1.54, 1.807) is 36.4 Å². The molecule has 0 saturated heterocycles. The molecule has 0 radical (unpaired) electrons. The van der Waals surface area contributed by atoms with Gasteiger partial charge in [0.15, 0.2) is 0 Å². The molecule has 2 rings (SSSR count). The number of nitrogens with one attached hydrogen (secondary N) is 2. The van der Waals surface area contributed by atoms with Gasteiger partial charge in [0.25, 0.3) is 0 Å². The summed E-state index contributed by atoms with van der Waals surface area (Å²) in [5, 5.41) is 14.5. The number of ether oxygens (including phenoxy) is 1. The Morgan fingerprint density at radius 2 is 1.93 bits per heavy atom. The molecule has 7 heteroatoms. The summed E-state index contributed by atoms with van der Waals surface area (Å²) in [4.78, 5) is 23.4. The maximum Gasteiger partial charge on any atom is 0.234 e. The predicted molar refractivity (Wildman–Crippen MR) is 103 cm³/mol. The van der Waals surface area contributed by atoms with Gasteiger partial charge in [0.1, 0.15) is 12.2 Å². The Balaban J connectivity index is 1.73. The van der Waals surface area contributed by atoms with Gasteiger partial charge in [-0.1, -0.05) is 35.9 Å². The highest BCUT2D eigenvalue weighted by Gasteiger charge is 2.05. The molecular formula is C20H20ClN3O3. The lowest BCUT2D eigenvalue weighted by molar-refractivity contribution is -0.120. The van der Waals surface area contributed by atoms with Crippen molar-refractivity contribution < 1.29 is 14.3 Å². The van der Waals surface area contributed by atoms with E-state index in [9.17, 15) is 9.59 Å². The molecule has 0 saturated carbocycles. The Labute approximate surface area is 163 Å². The van der Waals surface area contributed by atoms with Crippen LogP contribution in [0.5, 0.6) is 5.75 Å². The van der Waals surface area contributed by atoms with Gasteiger partial charge in [-0.05, 0) is 36.2 Å². The van der Waals surface area contributed by atoms with E-state index in [4.69, 9.17) is 21.6 Å². The van der Waals surface area contributed by atoms with E-state index in [0.717, 1.165) is 5.56 Å². The molecule has 0 aromatic heterocycles. The number of carbonyl (C=O) groups is 2. The van der Waals surface area contributed by atoms with Crippen molar-refractivity contribution in [3.05, 3.63) is 59.1 Å². The minimum atomic E-state index is -0.328. The van der Waals surface area contributed by atoms with Crippen molar-refractivity contribution in [3.63, 3.8) is 0 Å². The third-order valence-corrected chi connectivity index (χ3v) is 3.89. The minimum absolute atomic E-state index is 0.122. The third-order valence-electron chi connectivity index (χ3n) is 3.58. The molecule has 0 aliphatic rings. The molecule has 27 heavy (non-hydrogen) atoms. The Kier molecular flexibility index (Phi) is 8.14. The summed E-state index contributed by atoms with van der Waals surface area (Å²) >= 11 is 6.00. The largest absolute Gasteiger partial charge is 0.492 e. The first kappa shape index (κ1) is 20.3. The monoisotopic (exact) mass is 385 g/mol. The van der Waals surface area contributed by atoms with Crippen LogP contribution in [0.3, 0.4) is 0 Å². The fraction of sp³-hybridized carbons (Fsp3) is 0.250. The van der Waals surface area contributed by atoms with Crippen LogP contribution >= 0.6 is 11.6 Å². The smallest absolute Gasteiger partial charge is 0.234 e. The minimum Gasteiger partial charge on any atom is -0.492 e. The Morgan fingerprint density at radius 1 is 1.11 bits per heavy atom. The number of para-hydroxylation sites is 1. The van der Waals surface area contributed by atoms with E-state index < -0.39 is 0 Å². The van der Waals surface area contributed by atoms with Gasteiger partial charge in [0.2, 0.25) is 11.8 Å². The number of benzene rings is 2. The molecule has 0 aliphatic heterocycles. The Morgan fingerprint density at radius 3 is 2.70 bits per heavy atom. The van der Waals surface area contributed by atoms with E-state index in [2.05, 4.69) is 10.6 Å². The second kappa shape index (κ2) is 10.8. The summed E-state index contributed by atoms with van der Waals surface area (Å²) in [5.41, 5.74) is 1.49. The van der Waals surface area contributed by atoms with Crippen LogP contribution in [-0.4, -0.2) is 18.4 Å². The summed E-state index contributed by atoms with van der Waals surface area (Å²) in [7, 11) is 0. The maximum atomic E-state index is 12.1. The highest BCUT2D eigenvalue weighted by atomic mass is 35.5. The fourth-order valence-corrected chi connectivity index (χ4v) is 2.48. The first-order valence-electron chi connectivity index (χ1n) is 8.48. The van der Waals surface area contributed by atoms with Crippen molar-refractivity contribution in [2.24, 2.45) is 0 Å². The van der Waals surface area contributed by atoms with Crippen molar-refractivity contribution >= 4 is 29.1 Å². The lowest BCUT2D eigenvalue weighted by atomic mass is 10.2. The first-order chi connectivity index (χ1) is 13.1. The molecule has 0 spiro atoms. The second-order valence-corrected chi connectivity index (χ2v) is 6.15. The molecule has 0 atom stereocenters. The Hall–Kier alpha value is -3.04. The topological polar surface area (TPSA) is 91.2 Å². The molecule has 0 aliphatic carbocycles. The van der Waals surface area contributed by atoms with E-state index in [-0.39, 0.29) is 18.2 Å². The SMILES string of the molecule is N#CCC(=O)NCc1cccc(NC(=O)CCCOc2ccccc2Cl)c1. The van der Waals surface area contributed by atoms with Gasteiger partial charge in [0.05, 0.1) is 17.7 Å². The van der Waals surface area contributed by atoms with Gasteiger partial charge in [-0.25, -0.2) is 0 Å². The van der Waals surface area contributed by atoms with Gasteiger partial charge in [-0.15, -0.1) is 0 Å². The summed E-state index contributed by atoms with van der Waals surface area (Å²) in [6, 6.07) is 16.2. The van der Waals surface area contributed by atoms with Crippen LogP contribution in [0.15, 0.2) is 48.5 Å². The van der Waals surface area contributed by atoms with E-state index >= 15 is 0 Å². The summed E-state index contributed by atoms with van der Waals surface area (Å²) in [6.45, 7) is 0.692. The quantitative estimate of drug-likeness (QED) is 0.644. The van der Waals surface area contributed by atoms with Crippen LogP contribution in [0.1, 0.15) is 24.8 Å². The second-order valence-electron chi connectivity index (χ2n) is 5.74. The summed E-state index contributed by atoms with van der Waals surface area (Å²) in [5.74, 6) is 0.152. The van der Waals surface area contributed by atoms with E-state index in [0.29, 0.717) is 42.5 Å². The summed E-state index contributed by atoms with van der Waals surface area (Å²) in [6.07, 6.45) is 0.696. The van der Waals surface area contributed by atoms with Crippen molar-refractivity contribution in [3.8, 4) is 11.8 Å². The van der Waals surface area contributed by atoms with Crippen LogP contribution in [-0.2, 0) is 16.1 Å². The van der Waals surface area contributed by atoms with Crippen molar-refractivity contribution in [1.82, 2.24) is 5.32 Å². The lowest BCUT2D eigenvalue weighted by Gasteiger charge is -2.09. The number of nitrogens with zero attached hydrogens (tertiary/aromatic N) is 1. The Bertz CT molecular complexity index is 833. The van der Waals surface area contributed by atoms with Gasteiger partial charge in [-0.2, -0.15) is 5.26 Å². The van der Waals surface area contributed by atoms with Crippen LogP contribution < -0.4 is 15.4 Å². The fourth-order valence-electron chi connectivity index (χ4n) is 2.29. The molecule has 0 bridgehead atoms. The molecule has 6 nitrogen and oxygen atoms in total. The molecule has 2 aromatic rings. The van der Waals surface area contributed by atoms with E-state index in [1.165, 1.54) is 0 Å². The molecular weight excluding hydrogens is 366 g/mol. The highest BCUT2D eigenvalue weighted by Crippen LogP contribution is 2.23. The number of anilines is 1. The van der Waals surface area contributed by atoms with E-state index in [1.807, 2.05) is 18.2 Å². The van der Waals surface area contributed by atoms with Gasteiger partial charge in [-0.3, -0.25) is 9.59 Å². The molecule has 0 unspecified atom stereocenters. The predicted octanol–water partition coefficient (Wildman–Crippen LogP) is 3.67. The zero-order chi connectivity index (χ0) is 19.5. The van der Waals surface area contributed by atoms with Crippen LogP contribution in [0.2, 0.25) is 5.02 Å². The molecule has 2 aromatic carbocycles. The average Bonchev–Trinajstić information content (AvgIpc) is 2.65. The van der Waals surface area contributed by atoms with Crippen LogP contribution in [0.4, 0.5) is 5.69 Å². The molecule has 2 amide bonds. The van der Waals surface area contributed by atoms with Crippen molar-refractivity contribution in [1.29, 1.82) is 5.26 Å². The number of rotatable bonds is 9. The van der Waals surface area contributed by atoms with Gasteiger partial charge < -0.3 is 15.4 Å². The maximum absolute atomic E-state index is 12.1. The van der Waals surface area contributed by atoms with Gasteiger partial charge in [0, 0.05) is 18.7 Å². The normalized spacial score (nSPS) is 9.93. The molecule has 2 N–H and O–H groups in total. The standard InChI is InChI=1S/C20H20ClN3O3/c21-17-7-1-2-8-18(17)27-12-4-9-20(26)24-16-6-3-5-15(13-16)14-23-19(25)10-11-22/h1-3,5-8,13H,4,9-10,12,14H2,(H,23,25)(H,24,26). The van der Waals surface area contributed by atoms with Gasteiger partial charge >= 0.3 is 0 Å². The average molecular weight is 386 g/mol. The highest BCUT2D eigenvalue weighted by molar-refractivity contribution is 6.32. The number of nitriles is 1. The zero-order valence-corrected chi connectivity index (χ0v) is 15.5. The number of carbonyl (C=O) groups excluding carboxylic acids is 2. The molecule has 0 fully saturated rings. The lowest BCUT2D eigenvalue weighted by Crippen LogP contribution is -2.22. The third kappa shape index (κ3) is 7.38. The number of halogens is 1. The number of amides is 2. The summed E-state index contributed by atoms with van der Waals surface area (Å²) < 4.78 is 5.56. The number of hydrogen-bond acceptors (Lipinski definition) is 4. The molecule has 140 valence electrons. The van der Waals surface area contributed by atoms with Crippen molar-refractivity contribution in [2.45, 2.75) is 25.8 Å².